The van der Waals surface area contributed by atoms with Crippen molar-refractivity contribution in [1.29, 1.82) is 0 Å². The van der Waals surface area contributed by atoms with Gasteiger partial charge in [-0.2, -0.15) is 13.2 Å². The third-order valence-corrected chi connectivity index (χ3v) is 3.27. The Balaban J connectivity index is 2.65. The van der Waals surface area contributed by atoms with Crippen LogP contribution in [0.15, 0.2) is 0 Å². The van der Waals surface area contributed by atoms with Crippen LogP contribution < -0.4 is 0 Å². The molecule has 1 rings (SSSR count). The molecule has 0 aromatic rings. The molecular weight excluding hydrogens is 193 g/mol. The van der Waals surface area contributed by atoms with E-state index in [9.17, 15) is 18.3 Å². The number of hydrogen-bond donors (Lipinski definition) is 1. The maximum atomic E-state index is 12.5. The Morgan fingerprint density at radius 2 is 1.93 bits per heavy atom. The van der Waals surface area contributed by atoms with Crippen molar-refractivity contribution in [2.75, 3.05) is 0 Å². The predicted molar refractivity (Wildman–Crippen MR) is 47.9 cm³/mol. The van der Waals surface area contributed by atoms with Crippen LogP contribution in [0.2, 0.25) is 0 Å². The number of aliphatic hydroxyl groups is 1. The first-order valence-corrected chi connectivity index (χ1v) is 5.18. The topological polar surface area (TPSA) is 20.2 Å². The van der Waals surface area contributed by atoms with Crippen LogP contribution >= 0.6 is 0 Å². The third-order valence-electron chi connectivity index (χ3n) is 3.27. The number of alkyl halides is 3. The van der Waals surface area contributed by atoms with Crippen molar-refractivity contribution in [3.8, 4) is 0 Å². The Hall–Kier alpha value is -0.250. The average molecular weight is 210 g/mol. The van der Waals surface area contributed by atoms with Gasteiger partial charge in [-0.05, 0) is 31.6 Å². The lowest BCUT2D eigenvalue weighted by Gasteiger charge is -2.29. The number of rotatable bonds is 1. The Morgan fingerprint density at radius 3 is 2.43 bits per heavy atom. The minimum Gasteiger partial charge on any atom is -0.380 e. The van der Waals surface area contributed by atoms with Gasteiger partial charge in [0, 0.05) is 0 Å². The maximum absolute atomic E-state index is 12.5. The summed E-state index contributed by atoms with van der Waals surface area (Å²) in [5, 5.41) is 9.48. The van der Waals surface area contributed by atoms with Crippen LogP contribution in [0.25, 0.3) is 0 Å². The van der Waals surface area contributed by atoms with E-state index in [0.29, 0.717) is 18.8 Å². The van der Waals surface area contributed by atoms with Crippen LogP contribution in [0.1, 0.15) is 45.4 Å². The van der Waals surface area contributed by atoms with Gasteiger partial charge >= 0.3 is 6.18 Å². The fourth-order valence-corrected chi connectivity index (χ4v) is 2.09. The second-order valence-electron chi connectivity index (χ2n) is 4.23. The molecular formula is C10H17F3O. The molecule has 1 aliphatic rings. The third kappa shape index (κ3) is 2.41. The van der Waals surface area contributed by atoms with Crippen molar-refractivity contribution in [3.63, 3.8) is 0 Å². The maximum Gasteiger partial charge on any atom is 0.417 e. The zero-order chi connectivity index (χ0) is 10.8. The van der Waals surface area contributed by atoms with Gasteiger partial charge in [-0.3, -0.25) is 0 Å². The molecule has 0 heterocycles. The fourth-order valence-electron chi connectivity index (χ4n) is 2.09. The lowest BCUT2D eigenvalue weighted by Crippen LogP contribution is -2.44. The van der Waals surface area contributed by atoms with Gasteiger partial charge in [-0.15, -0.1) is 0 Å². The van der Waals surface area contributed by atoms with E-state index in [1.807, 2.05) is 6.92 Å². The molecule has 0 aromatic heterocycles. The summed E-state index contributed by atoms with van der Waals surface area (Å²) in [5.41, 5.74) is -2.42. The van der Waals surface area contributed by atoms with E-state index in [1.54, 1.807) is 0 Å². The smallest absolute Gasteiger partial charge is 0.380 e. The van der Waals surface area contributed by atoms with Gasteiger partial charge in [0.15, 0.2) is 5.60 Å². The first-order chi connectivity index (χ1) is 6.39. The van der Waals surface area contributed by atoms with Crippen molar-refractivity contribution in [1.82, 2.24) is 0 Å². The molecule has 1 fully saturated rings. The number of halogens is 3. The van der Waals surface area contributed by atoms with E-state index < -0.39 is 11.8 Å². The SMILES string of the molecule is CCC1CCCC(O)(C(F)(F)F)CC1. The largest absolute Gasteiger partial charge is 0.417 e. The molecule has 4 heteroatoms. The zero-order valence-electron chi connectivity index (χ0n) is 8.40. The van der Waals surface area contributed by atoms with Gasteiger partial charge < -0.3 is 5.11 Å². The van der Waals surface area contributed by atoms with Gasteiger partial charge in [0.1, 0.15) is 0 Å². The molecule has 0 spiro atoms. The van der Waals surface area contributed by atoms with Crippen molar-refractivity contribution in [3.05, 3.63) is 0 Å². The summed E-state index contributed by atoms with van der Waals surface area (Å²) in [6, 6.07) is 0. The summed E-state index contributed by atoms with van der Waals surface area (Å²) in [7, 11) is 0. The summed E-state index contributed by atoms with van der Waals surface area (Å²) < 4.78 is 37.5. The van der Waals surface area contributed by atoms with Crippen LogP contribution in [0.5, 0.6) is 0 Å². The summed E-state index contributed by atoms with van der Waals surface area (Å²) in [4.78, 5) is 0. The lowest BCUT2D eigenvalue weighted by atomic mass is 9.92. The molecule has 0 radical (unpaired) electrons. The van der Waals surface area contributed by atoms with Gasteiger partial charge in [-0.25, -0.2) is 0 Å². The standard InChI is InChI=1S/C10H17F3O/c1-2-8-4-3-6-9(14,7-5-8)10(11,12)13/h8,14H,2-7H2,1H3. The molecule has 1 nitrogen and oxygen atoms in total. The second-order valence-corrected chi connectivity index (χ2v) is 4.23. The van der Waals surface area contributed by atoms with Crippen LogP contribution in [0.3, 0.4) is 0 Å². The first kappa shape index (κ1) is 11.8. The molecule has 1 aliphatic carbocycles. The van der Waals surface area contributed by atoms with E-state index in [4.69, 9.17) is 0 Å². The lowest BCUT2D eigenvalue weighted by molar-refractivity contribution is -0.264. The predicted octanol–water partition coefficient (Wildman–Crippen LogP) is 3.27. The van der Waals surface area contributed by atoms with Crippen LogP contribution in [-0.4, -0.2) is 16.9 Å². The van der Waals surface area contributed by atoms with Crippen LogP contribution in [0.4, 0.5) is 13.2 Å². The average Bonchev–Trinajstić information content (AvgIpc) is 2.27. The van der Waals surface area contributed by atoms with Crippen molar-refractivity contribution >= 4 is 0 Å². The molecule has 84 valence electrons. The monoisotopic (exact) mass is 210 g/mol. The van der Waals surface area contributed by atoms with E-state index in [-0.39, 0.29) is 12.8 Å². The molecule has 14 heavy (non-hydrogen) atoms. The van der Waals surface area contributed by atoms with E-state index in [0.717, 1.165) is 12.8 Å². The zero-order valence-corrected chi connectivity index (χ0v) is 8.40. The molecule has 0 bridgehead atoms. The minimum atomic E-state index is -4.46. The van der Waals surface area contributed by atoms with Gasteiger partial charge in [0.2, 0.25) is 0 Å². The Labute approximate surface area is 82.3 Å². The molecule has 1 N–H and O–H groups in total. The highest BCUT2D eigenvalue weighted by Gasteiger charge is 2.53. The molecule has 0 aliphatic heterocycles. The summed E-state index contributed by atoms with van der Waals surface area (Å²) in [6.07, 6.45) is -2.03. The molecule has 1 saturated carbocycles. The number of hydrogen-bond acceptors (Lipinski definition) is 1. The highest BCUT2D eigenvalue weighted by Crippen LogP contribution is 2.42. The minimum absolute atomic E-state index is 0.130. The second kappa shape index (κ2) is 4.09. The molecule has 0 amide bonds. The van der Waals surface area contributed by atoms with Gasteiger partial charge in [-0.1, -0.05) is 19.8 Å². The van der Waals surface area contributed by atoms with Crippen molar-refractivity contribution in [2.24, 2.45) is 5.92 Å². The fraction of sp³-hybridized carbons (Fsp3) is 1.00. The Bertz CT molecular complexity index is 190. The molecule has 2 unspecified atom stereocenters. The molecule has 0 saturated heterocycles. The first-order valence-electron chi connectivity index (χ1n) is 5.18. The van der Waals surface area contributed by atoms with Crippen LogP contribution in [-0.2, 0) is 0 Å². The summed E-state index contributed by atoms with van der Waals surface area (Å²) >= 11 is 0. The van der Waals surface area contributed by atoms with Crippen LogP contribution in [0, 0.1) is 5.92 Å². The summed E-state index contributed by atoms with van der Waals surface area (Å²) in [6.45, 7) is 1.99. The Morgan fingerprint density at radius 1 is 1.29 bits per heavy atom. The van der Waals surface area contributed by atoms with E-state index >= 15 is 0 Å². The Kier molecular flexibility index (Phi) is 3.45. The van der Waals surface area contributed by atoms with E-state index in [1.165, 1.54) is 0 Å². The van der Waals surface area contributed by atoms with Gasteiger partial charge in [0.05, 0.1) is 0 Å². The summed E-state index contributed by atoms with van der Waals surface area (Å²) in [5.74, 6) is 0.353. The highest BCUT2D eigenvalue weighted by atomic mass is 19.4. The van der Waals surface area contributed by atoms with Crippen molar-refractivity contribution in [2.45, 2.75) is 57.2 Å². The molecule has 2 atom stereocenters. The highest BCUT2D eigenvalue weighted by molar-refractivity contribution is 4.89. The van der Waals surface area contributed by atoms with Gasteiger partial charge in [0.25, 0.3) is 0 Å². The van der Waals surface area contributed by atoms with E-state index in [2.05, 4.69) is 0 Å². The quantitative estimate of drug-likeness (QED) is 0.658. The molecule has 0 aromatic carbocycles. The normalized spacial score (nSPS) is 35.4. The van der Waals surface area contributed by atoms with Crippen molar-refractivity contribution < 1.29 is 18.3 Å².